The number of aliphatic imine (C=N–C) groups is 1. The number of rotatable bonds is 3. The Labute approximate surface area is 139 Å². The summed E-state index contributed by atoms with van der Waals surface area (Å²) in [5.74, 6) is 3.80. The number of anilines is 1. The molecule has 0 spiro atoms. The summed E-state index contributed by atoms with van der Waals surface area (Å²) in [4.78, 5) is 5.05. The van der Waals surface area contributed by atoms with Gasteiger partial charge < -0.3 is 11.1 Å². The molecular formula is C20H29N3. The van der Waals surface area contributed by atoms with Crippen molar-refractivity contribution < 1.29 is 0 Å². The van der Waals surface area contributed by atoms with Gasteiger partial charge in [-0.2, -0.15) is 0 Å². The molecule has 0 aliphatic heterocycles. The lowest BCUT2D eigenvalue weighted by Crippen LogP contribution is -2.50. The number of nitrogens with two attached hydrogens (primary N) is 1. The zero-order chi connectivity index (χ0) is 16.0. The van der Waals surface area contributed by atoms with E-state index in [0.717, 1.165) is 23.4 Å². The number of nitrogens with zero attached hydrogens (tertiary/aromatic N) is 1. The van der Waals surface area contributed by atoms with Crippen LogP contribution in [0.1, 0.15) is 63.9 Å². The molecule has 0 amide bonds. The van der Waals surface area contributed by atoms with Crippen LogP contribution in [0.25, 0.3) is 0 Å². The third-order valence-electron chi connectivity index (χ3n) is 6.21. The molecule has 4 saturated carbocycles. The molecule has 4 aliphatic rings. The molecule has 124 valence electrons. The summed E-state index contributed by atoms with van der Waals surface area (Å²) in [5.41, 5.74) is 8.88. The molecule has 4 aliphatic carbocycles. The zero-order valence-corrected chi connectivity index (χ0v) is 14.4. The topological polar surface area (TPSA) is 50.4 Å². The molecule has 5 rings (SSSR count). The number of guanidine groups is 1. The van der Waals surface area contributed by atoms with Gasteiger partial charge in [-0.3, -0.25) is 0 Å². The van der Waals surface area contributed by atoms with Crippen LogP contribution >= 0.6 is 0 Å². The fraction of sp³-hybridized carbons (Fsp3) is 0.650. The van der Waals surface area contributed by atoms with E-state index in [4.69, 9.17) is 10.7 Å². The Morgan fingerprint density at radius 1 is 1.09 bits per heavy atom. The van der Waals surface area contributed by atoms with Crippen LogP contribution in [0.4, 0.5) is 5.69 Å². The third kappa shape index (κ3) is 2.86. The minimum Gasteiger partial charge on any atom is -0.370 e. The minimum absolute atomic E-state index is 0.138. The van der Waals surface area contributed by atoms with Crippen LogP contribution in [0, 0.1) is 17.8 Å². The molecule has 0 saturated heterocycles. The zero-order valence-electron chi connectivity index (χ0n) is 14.4. The Hall–Kier alpha value is -1.51. The first-order valence-corrected chi connectivity index (χ1v) is 9.24. The predicted molar refractivity (Wildman–Crippen MR) is 96.7 cm³/mol. The summed E-state index contributed by atoms with van der Waals surface area (Å²) in [6.45, 7) is 4.43. The van der Waals surface area contributed by atoms with Gasteiger partial charge in [-0.15, -0.1) is 0 Å². The summed E-state index contributed by atoms with van der Waals surface area (Å²) in [6.07, 6.45) is 8.10. The minimum atomic E-state index is 0.138. The molecule has 1 aromatic rings. The van der Waals surface area contributed by atoms with Crippen LogP contribution in [0.5, 0.6) is 0 Å². The number of para-hydroxylation sites is 1. The van der Waals surface area contributed by atoms with Gasteiger partial charge in [0.2, 0.25) is 0 Å². The van der Waals surface area contributed by atoms with Crippen LogP contribution in [0.2, 0.25) is 0 Å². The molecule has 3 heteroatoms. The Kier molecular flexibility index (Phi) is 3.62. The van der Waals surface area contributed by atoms with E-state index in [2.05, 4.69) is 43.4 Å². The molecule has 3 N–H and O–H groups in total. The van der Waals surface area contributed by atoms with Crippen molar-refractivity contribution in [1.29, 1.82) is 0 Å². The Morgan fingerprint density at radius 3 is 2.22 bits per heavy atom. The second kappa shape index (κ2) is 5.54. The summed E-state index contributed by atoms with van der Waals surface area (Å²) in [6, 6.07) is 8.43. The lowest BCUT2D eigenvalue weighted by atomic mass is 9.53. The molecule has 3 nitrogen and oxygen atoms in total. The van der Waals surface area contributed by atoms with Crippen molar-refractivity contribution in [1.82, 2.24) is 0 Å². The Bertz CT molecular complexity index is 582. The highest BCUT2D eigenvalue weighted by atomic mass is 15.1. The summed E-state index contributed by atoms with van der Waals surface area (Å²) in [5, 5.41) is 3.39. The van der Waals surface area contributed by atoms with E-state index in [1.54, 1.807) is 0 Å². The fourth-order valence-electron chi connectivity index (χ4n) is 5.74. The Morgan fingerprint density at radius 2 is 1.65 bits per heavy atom. The maximum atomic E-state index is 6.34. The van der Waals surface area contributed by atoms with E-state index in [0.29, 0.717) is 11.9 Å². The molecule has 23 heavy (non-hydrogen) atoms. The first-order chi connectivity index (χ1) is 11.0. The van der Waals surface area contributed by atoms with Crippen molar-refractivity contribution in [3.63, 3.8) is 0 Å². The van der Waals surface area contributed by atoms with Crippen molar-refractivity contribution in [2.75, 3.05) is 5.32 Å². The SMILES string of the molecule is CC(C)c1ccccc1NC(N)=NC12CC3CC(CC(C3)C1)C2. The van der Waals surface area contributed by atoms with Gasteiger partial charge in [0.05, 0.1) is 5.54 Å². The molecule has 1 aromatic carbocycles. The second-order valence-corrected chi connectivity index (χ2v) is 8.51. The summed E-state index contributed by atoms with van der Waals surface area (Å²) >= 11 is 0. The average Bonchev–Trinajstić information content (AvgIpc) is 2.45. The monoisotopic (exact) mass is 311 g/mol. The van der Waals surface area contributed by atoms with Gasteiger partial charge in [0, 0.05) is 5.69 Å². The highest BCUT2D eigenvalue weighted by Gasteiger charge is 2.51. The van der Waals surface area contributed by atoms with E-state index >= 15 is 0 Å². The normalized spacial score (nSPS) is 35.8. The number of nitrogens with one attached hydrogen (secondary N) is 1. The van der Waals surface area contributed by atoms with E-state index in [-0.39, 0.29) is 5.54 Å². The summed E-state index contributed by atoms with van der Waals surface area (Å²) in [7, 11) is 0. The van der Waals surface area contributed by atoms with E-state index in [1.807, 2.05) is 0 Å². The maximum absolute atomic E-state index is 6.34. The van der Waals surface area contributed by atoms with Crippen molar-refractivity contribution in [3.8, 4) is 0 Å². The van der Waals surface area contributed by atoms with Gasteiger partial charge in [0.25, 0.3) is 0 Å². The van der Waals surface area contributed by atoms with Crippen molar-refractivity contribution >= 4 is 11.6 Å². The van der Waals surface area contributed by atoms with Crippen molar-refractivity contribution in [2.24, 2.45) is 28.5 Å². The van der Waals surface area contributed by atoms with Gasteiger partial charge in [-0.05, 0) is 73.8 Å². The number of benzene rings is 1. The molecule has 4 bridgehead atoms. The number of hydrogen-bond donors (Lipinski definition) is 2. The van der Waals surface area contributed by atoms with E-state index in [1.165, 1.54) is 44.1 Å². The van der Waals surface area contributed by atoms with Crippen molar-refractivity contribution in [2.45, 2.75) is 63.8 Å². The van der Waals surface area contributed by atoms with Crippen LogP contribution in [0.15, 0.2) is 29.3 Å². The highest BCUT2D eigenvalue weighted by Crippen LogP contribution is 2.57. The number of hydrogen-bond acceptors (Lipinski definition) is 1. The molecule has 0 unspecified atom stereocenters. The van der Waals surface area contributed by atoms with Gasteiger partial charge in [0.15, 0.2) is 5.96 Å². The van der Waals surface area contributed by atoms with Gasteiger partial charge in [0.1, 0.15) is 0 Å². The Balaban J connectivity index is 1.55. The van der Waals surface area contributed by atoms with Gasteiger partial charge in [-0.1, -0.05) is 32.0 Å². The highest BCUT2D eigenvalue weighted by molar-refractivity contribution is 5.93. The quantitative estimate of drug-likeness (QED) is 0.637. The lowest BCUT2D eigenvalue weighted by Gasteiger charge is -2.54. The lowest BCUT2D eigenvalue weighted by molar-refractivity contribution is 0.00164. The van der Waals surface area contributed by atoms with Crippen LogP contribution in [-0.4, -0.2) is 11.5 Å². The van der Waals surface area contributed by atoms with Crippen molar-refractivity contribution in [3.05, 3.63) is 29.8 Å². The summed E-state index contributed by atoms with van der Waals surface area (Å²) < 4.78 is 0. The fourth-order valence-corrected chi connectivity index (χ4v) is 5.74. The molecule has 0 atom stereocenters. The standard InChI is InChI=1S/C20H29N3/c1-13(2)17-5-3-4-6-18(17)22-19(21)23-20-10-14-7-15(11-20)9-16(8-14)12-20/h3-6,13-16H,7-12H2,1-2H3,(H3,21,22,23). The average molecular weight is 311 g/mol. The third-order valence-corrected chi connectivity index (χ3v) is 6.21. The van der Waals surface area contributed by atoms with E-state index in [9.17, 15) is 0 Å². The molecular weight excluding hydrogens is 282 g/mol. The smallest absolute Gasteiger partial charge is 0.193 e. The maximum Gasteiger partial charge on any atom is 0.193 e. The molecule has 0 aromatic heterocycles. The van der Waals surface area contributed by atoms with Gasteiger partial charge >= 0.3 is 0 Å². The second-order valence-electron chi connectivity index (χ2n) is 8.51. The first-order valence-electron chi connectivity index (χ1n) is 9.24. The van der Waals surface area contributed by atoms with Gasteiger partial charge in [-0.25, -0.2) is 4.99 Å². The molecule has 0 radical (unpaired) electrons. The molecule has 0 heterocycles. The van der Waals surface area contributed by atoms with E-state index < -0.39 is 0 Å². The predicted octanol–water partition coefficient (Wildman–Crippen LogP) is 4.51. The van der Waals surface area contributed by atoms with Crippen LogP contribution in [0.3, 0.4) is 0 Å². The largest absolute Gasteiger partial charge is 0.370 e. The molecule has 4 fully saturated rings. The first kappa shape index (κ1) is 15.0. The van der Waals surface area contributed by atoms with Crippen LogP contribution < -0.4 is 11.1 Å². The van der Waals surface area contributed by atoms with Crippen LogP contribution in [-0.2, 0) is 0 Å².